The van der Waals surface area contributed by atoms with Gasteiger partial charge in [0.2, 0.25) is 5.91 Å². The van der Waals surface area contributed by atoms with E-state index in [1.165, 1.54) is 26.4 Å². The molecule has 0 saturated heterocycles. The van der Waals surface area contributed by atoms with E-state index in [2.05, 4.69) is 10.3 Å². The number of anilines is 1. The SMILES string of the molecule is CCOc1nc([C@@H](CS(C)=O)N2C(=O)c3cccc(NC(C)=O)c3C2=O)ccc1OC. The molecule has 2 heterocycles. The maximum absolute atomic E-state index is 13.3. The first-order chi connectivity index (χ1) is 14.8. The lowest BCUT2D eigenvalue weighted by Gasteiger charge is -2.25. The van der Waals surface area contributed by atoms with Crippen LogP contribution in [0.25, 0.3) is 0 Å². The van der Waals surface area contributed by atoms with Crippen molar-refractivity contribution in [3.63, 3.8) is 0 Å². The molecule has 1 N–H and O–H groups in total. The van der Waals surface area contributed by atoms with Crippen LogP contribution in [-0.4, -0.2) is 57.5 Å². The standard InChI is InChI=1S/C21H23N3O6S/c1-5-30-19-17(29-3)10-9-14(23-19)16(11-31(4)28)24-20(26)13-7-6-8-15(22-12(2)25)18(13)21(24)27/h6-10,16H,5,11H2,1-4H3,(H,22,25)/t16-,31?/m1/s1. The van der Waals surface area contributed by atoms with Crippen LogP contribution in [-0.2, 0) is 15.6 Å². The number of rotatable bonds is 8. The van der Waals surface area contributed by atoms with Gasteiger partial charge in [0.15, 0.2) is 5.75 Å². The van der Waals surface area contributed by atoms with Crippen LogP contribution >= 0.6 is 0 Å². The molecule has 0 fully saturated rings. The number of hydrogen-bond acceptors (Lipinski definition) is 7. The Balaban J connectivity index is 2.09. The van der Waals surface area contributed by atoms with Gasteiger partial charge in [-0.25, -0.2) is 4.98 Å². The average Bonchev–Trinajstić information content (AvgIpc) is 2.97. The zero-order valence-corrected chi connectivity index (χ0v) is 18.4. The minimum absolute atomic E-state index is 0.00810. The number of hydrogen-bond donors (Lipinski definition) is 1. The molecule has 0 bridgehead atoms. The van der Waals surface area contributed by atoms with Crippen LogP contribution in [0.4, 0.5) is 5.69 Å². The largest absolute Gasteiger partial charge is 0.491 e. The summed E-state index contributed by atoms with van der Waals surface area (Å²) in [6, 6.07) is 7.00. The Hall–Kier alpha value is -3.27. The Bertz CT molecular complexity index is 1070. The predicted octanol–water partition coefficient (Wildman–Crippen LogP) is 2.16. The quantitative estimate of drug-likeness (QED) is 0.619. The lowest BCUT2D eigenvalue weighted by Crippen LogP contribution is -2.37. The summed E-state index contributed by atoms with van der Waals surface area (Å²) < 4.78 is 22.9. The Morgan fingerprint density at radius 1 is 1.23 bits per heavy atom. The van der Waals surface area contributed by atoms with Crippen LogP contribution in [0, 0.1) is 0 Å². The lowest BCUT2D eigenvalue weighted by atomic mass is 10.1. The van der Waals surface area contributed by atoms with E-state index in [0.717, 1.165) is 4.90 Å². The van der Waals surface area contributed by atoms with Gasteiger partial charge < -0.3 is 14.8 Å². The highest BCUT2D eigenvalue weighted by Crippen LogP contribution is 2.36. The third-order valence-electron chi connectivity index (χ3n) is 4.65. The van der Waals surface area contributed by atoms with Crippen molar-refractivity contribution in [1.82, 2.24) is 9.88 Å². The van der Waals surface area contributed by atoms with Crippen LogP contribution in [0.1, 0.15) is 46.3 Å². The second-order valence-electron chi connectivity index (χ2n) is 6.82. The van der Waals surface area contributed by atoms with E-state index < -0.39 is 28.7 Å². The second-order valence-corrected chi connectivity index (χ2v) is 8.30. The number of nitrogens with zero attached hydrogens (tertiary/aromatic N) is 2. The fraction of sp³-hybridized carbons (Fsp3) is 0.333. The Morgan fingerprint density at radius 2 is 1.97 bits per heavy atom. The van der Waals surface area contributed by atoms with Gasteiger partial charge >= 0.3 is 0 Å². The number of pyridine rings is 1. The number of carbonyl (C=O) groups excluding carboxylic acids is 3. The van der Waals surface area contributed by atoms with Gasteiger partial charge in [-0.05, 0) is 31.2 Å². The zero-order chi connectivity index (χ0) is 22.7. The van der Waals surface area contributed by atoms with Crippen molar-refractivity contribution in [2.24, 2.45) is 0 Å². The number of methoxy groups -OCH3 is 1. The summed E-state index contributed by atoms with van der Waals surface area (Å²) in [5.41, 5.74) is 0.866. The van der Waals surface area contributed by atoms with E-state index in [-0.39, 0.29) is 34.4 Å². The molecule has 3 rings (SSSR count). The number of nitrogens with one attached hydrogen (secondary N) is 1. The number of amides is 3. The molecular weight excluding hydrogens is 422 g/mol. The van der Waals surface area contributed by atoms with Crippen LogP contribution in [0.15, 0.2) is 30.3 Å². The molecular formula is C21H23N3O6S. The summed E-state index contributed by atoms with van der Waals surface area (Å²) in [7, 11) is 0.130. The molecule has 1 aromatic heterocycles. The third-order valence-corrected chi connectivity index (χ3v) is 5.44. The highest BCUT2D eigenvalue weighted by atomic mass is 32.2. The Morgan fingerprint density at radius 3 is 2.58 bits per heavy atom. The Labute approximate surface area is 182 Å². The molecule has 0 saturated carbocycles. The van der Waals surface area contributed by atoms with Crippen molar-refractivity contribution in [3.8, 4) is 11.6 Å². The molecule has 0 aliphatic carbocycles. The first kappa shape index (κ1) is 22.4. The van der Waals surface area contributed by atoms with Crippen LogP contribution < -0.4 is 14.8 Å². The predicted molar refractivity (Wildman–Crippen MR) is 115 cm³/mol. The third kappa shape index (κ3) is 4.43. The number of carbonyl (C=O) groups is 3. The van der Waals surface area contributed by atoms with Crippen molar-refractivity contribution < 1.29 is 28.1 Å². The smallest absolute Gasteiger partial charge is 0.264 e. The van der Waals surface area contributed by atoms with Crippen LogP contribution in [0.2, 0.25) is 0 Å². The highest BCUT2D eigenvalue weighted by Gasteiger charge is 2.43. The molecule has 10 heteroatoms. The summed E-state index contributed by atoms with van der Waals surface area (Å²) in [6.07, 6.45) is 1.49. The van der Waals surface area contributed by atoms with E-state index in [9.17, 15) is 18.6 Å². The van der Waals surface area contributed by atoms with Crippen molar-refractivity contribution in [2.75, 3.05) is 31.0 Å². The summed E-state index contributed by atoms with van der Waals surface area (Å²) in [4.78, 5) is 43.5. The maximum Gasteiger partial charge on any atom is 0.264 e. The van der Waals surface area contributed by atoms with Gasteiger partial charge in [-0.15, -0.1) is 0 Å². The summed E-state index contributed by atoms with van der Waals surface area (Å²) in [5, 5.41) is 2.59. The molecule has 1 unspecified atom stereocenters. The molecule has 2 atom stereocenters. The summed E-state index contributed by atoms with van der Waals surface area (Å²) in [6.45, 7) is 3.45. The molecule has 1 aromatic carbocycles. The van der Waals surface area contributed by atoms with Gasteiger partial charge in [0.05, 0.1) is 42.3 Å². The van der Waals surface area contributed by atoms with E-state index in [4.69, 9.17) is 9.47 Å². The molecule has 31 heavy (non-hydrogen) atoms. The van der Waals surface area contributed by atoms with Gasteiger partial charge in [-0.3, -0.25) is 23.5 Å². The van der Waals surface area contributed by atoms with Crippen molar-refractivity contribution >= 4 is 34.2 Å². The topological polar surface area (TPSA) is 115 Å². The van der Waals surface area contributed by atoms with Crippen LogP contribution in [0.5, 0.6) is 11.6 Å². The monoisotopic (exact) mass is 445 g/mol. The normalized spacial score (nSPS) is 14.8. The lowest BCUT2D eigenvalue weighted by molar-refractivity contribution is -0.114. The molecule has 0 spiro atoms. The highest BCUT2D eigenvalue weighted by molar-refractivity contribution is 7.84. The number of ether oxygens (including phenoxy) is 2. The van der Waals surface area contributed by atoms with Gasteiger partial charge in [0, 0.05) is 29.7 Å². The molecule has 164 valence electrons. The van der Waals surface area contributed by atoms with E-state index in [0.29, 0.717) is 18.1 Å². The molecule has 1 aliphatic rings. The first-order valence-corrected chi connectivity index (χ1v) is 11.3. The van der Waals surface area contributed by atoms with E-state index >= 15 is 0 Å². The fourth-order valence-electron chi connectivity index (χ4n) is 3.42. The van der Waals surface area contributed by atoms with Gasteiger partial charge in [0.1, 0.15) is 0 Å². The fourth-order valence-corrected chi connectivity index (χ4v) is 4.18. The second kappa shape index (κ2) is 9.25. The minimum atomic E-state index is -1.35. The molecule has 0 radical (unpaired) electrons. The van der Waals surface area contributed by atoms with Crippen molar-refractivity contribution in [2.45, 2.75) is 19.9 Å². The van der Waals surface area contributed by atoms with Gasteiger partial charge in [0.25, 0.3) is 17.7 Å². The Kier molecular flexibility index (Phi) is 6.69. The number of benzene rings is 1. The molecule has 3 amide bonds. The first-order valence-electron chi connectivity index (χ1n) is 9.54. The number of imide groups is 1. The van der Waals surface area contributed by atoms with Gasteiger partial charge in [-0.2, -0.15) is 0 Å². The molecule has 2 aromatic rings. The van der Waals surface area contributed by atoms with Crippen molar-refractivity contribution in [3.05, 3.63) is 47.2 Å². The molecule has 9 nitrogen and oxygen atoms in total. The summed E-state index contributed by atoms with van der Waals surface area (Å²) in [5.74, 6) is -0.890. The van der Waals surface area contributed by atoms with Gasteiger partial charge in [-0.1, -0.05) is 6.07 Å². The average molecular weight is 445 g/mol. The van der Waals surface area contributed by atoms with Crippen LogP contribution in [0.3, 0.4) is 0 Å². The van der Waals surface area contributed by atoms with E-state index in [1.54, 1.807) is 31.2 Å². The zero-order valence-electron chi connectivity index (χ0n) is 17.6. The number of aromatic nitrogens is 1. The minimum Gasteiger partial charge on any atom is -0.491 e. The number of fused-ring (bicyclic) bond motifs is 1. The van der Waals surface area contributed by atoms with Crippen molar-refractivity contribution in [1.29, 1.82) is 0 Å². The maximum atomic E-state index is 13.3. The molecule has 1 aliphatic heterocycles. The summed E-state index contributed by atoms with van der Waals surface area (Å²) >= 11 is 0. The van der Waals surface area contributed by atoms with E-state index in [1.807, 2.05) is 0 Å².